The number of hydrogen-bond donors (Lipinski definition) is 2. The highest BCUT2D eigenvalue weighted by molar-refractivity contribution is 6.33. The van der Waals surface area contributed by atoms with Crippen LogP contribution in [0.25, 0.3) is 0 Å². The summed E-state index contributed by atoms with van der Waals surface area (Å²) in [5.74, 6) is -6.98. The summed E-state index contributed by atoms with van der Waals surface area (Å²) in [6.07, 6.45) is 2.14. The fourth-order valence-corrected chi connectivity index (χ4v) is 9.44. The summed E-state index contributed by atoms with van der Waals surface area (Å²) >= 11 is 19.4. The summed E-state index contributed by atoms with van der Waals surface area (Å²) in [6.45, 7) is 1.82. The Kier molecular flexibility index (Phi) is 8.55. The van der Waals surface area contributed by atoms with Crippen LogP contribution in [0.15, 0.2) is 90.5 Å². The van der Waals surface area contributed by atoms with Crippen LogP contribution >= 0.6 is 34.8 Å². The van der Waals surface area contributed by atoms with Gasteiger partial charge in [0.2, 0.25) is 11.8 Å². The van der Waals surface area contributed by atoms with E-state index in [4.69, 9.17) is 39.5 Å². The van der Waals surface area contributed by atoms with E-state index in [0.717, 1.165) is 10.6 Å². The van der Waals surface area contributed by atoms with Crippen molar-refractivity contribution in [2.45, 2.75) is 31.1 Å². The fourth-order valence-electron chi connectivity index (χ4n) is 8.92. The number of nitrogens with zero attached hydrogens (tertiary/aromatic N) is 2. The maximum absolute atomic E-state index is 15.3. The number of aromatic hydroxyl groups is 1. The number of amides is 4. The van der Waals surface area contributed by atoms with Crippen LogP contribution in [-0.4, -0.2) is 40.9 Å². The zero-order chi connectivity index (χ0) is 37.5. The molecule has 6 unspecified atom stereocenters. The number of rotatable bonds is 6. The van der Waals surface area contributed by atoms with E-state index in [9.17, 15) is 23.9 Å². The normalized spacial score (nSPS) is 26.3. The molecule has 1 saturated carbocycles. The molecule has 9 nitrogen and oxygen atoms in total. The lowest BCUT2D eigenvalue weighted by Crippen LogP contribution is -2.53. The number of aryl methyl sites for hydroxylation is 1. The largest absolute Gasteiger partial charge is 0.503 e. The van der Waals surface area contributed by atoms with Crippen molar-refractivity contribution in [3.63, 3.8) is 0 Å². The van der Waals surface area contributed by atoms with Crippen LogP contribution in [0.2, 0.25) is 15.1 Å². The van der Waals surface area contributed by atoms with Crippen molar-refractivity contribution >= 4 is 69.8 Å². The molecule has 270 valence electrons. The first-order valence-electron chi connectivity index (χ1n) is 16.9. The van der Waals surface area contributed by atoms with Gasteiger partial charge in [0.05, 0.1) is 46.7 Å². The summed E-state index contributed by atoms with van der Waals surface area (Å²) in [7, 11) is 1.37. The maximum Gasteiger partial charge on any atom is 0.260 e. The molecule has 8 rings (SSSR count). The summed E-state index contributed by atoms with van der Waals surface area (Å²) in [5, 5.41) is 12.5. The minimum Gasteiger partial charge on any atom is -0.503 e. The first-order valence-corrected chi connectivity index (χ1v) is 18.1. The van der Waals surface area contributed by atoms with E-state index in [2.05, 4.69) is 5.43 Å². The van der Waals surface area contributed by atoms with Crippen molar-refractivity contribution in [1.82, 2.24) is 5.01 Å². The van der Waals surface area contributed by atoms with Crippen LogP contribution in [0.4, 0.5) is 15.8 Å². The standard InChI is InChI=1S/C40H31Cl3FN3O6/c1-19-3-12-25(17-30(19)42)46-36(49)27-14-13-26-28(33(27)38(46)51)18-29-37(50)47(45-24-10-8-23(44)9-11-24)39(52)40(29,21-4-6-22(41)7-5-21)34(26)20-15-31(43)35(48)32(16-20)53-2/h3-13,15-17,27-29,33-34,45,48H,14,18H2,1-2H3. The number of benzene rings is 4. The molecule has 13 heteroatoms. The molecule has 4 aliphatic rings. The number of allylic oxidation sites excluding steroid dienone is 2. The SMILES string of the molecule is COc1cc(C2C3=CCC4C(=O)N(c5ccc(C)c(Cl)c5)C(=O)C4C3CC3C(=O)N(Nc4ccc(F)cc4)C(=O)C32c2ccc(Cl)cc2)cc(Cl)c1O. The first-order chi connectivity index (χ1) is 25.4. The van der Waals surface area contributed by atoms with Crippen LogP contribution in [0, 0.1) is 36.4 Å². The van der Waals surface area contributed by atoms with E-state index in [1.807, 2.05) is 13.0 Å². The maximum atomic E-state index is 15.3. The second-order valence-electron chi connectivity index (χ2n) is 13.9. The minimum atomic E-state index is -1.63. The van der Waals surface area contributed by atoms with Gasteiger partial charge in [0.25, 0.3) is 11.8 Å². The van der Waals surface area contributed by atoms with E-state index in [0.29, 0.717) is 38.1 Å². The number of methoxy groups -OCH3 is 1. The number of carbonyl (C=O) groups excluding carboxylic acids is 4. The molecule has 4 aromatic carbocycles. The van der Waals surface area contributed by atoms with E-state index in [1.54, 1.807) is 48.5 Å². The number of imide groups is 2. The number of fused-ring (bicyclic) bond motifs is 4. The number of phenols is 1. The average molecular weight is 775 g/mol. The van der Waals surface area contributed by atoms with E-state index in [-0.39, 0.29) is 35.3 Å². The molecule has 2 heterocycles. The zero-order valence-corrected chi connectivity index (χ0v) is 30.5. The van der Waals surface area contributed by atoms with Crippen molar-refractivity contribution in [2.24, 2.45) is 23.7 Å². The van der Waals surface area contributed by atoms with Crippen LogP contribution in [0.3, 0.4) is 0 Å². The van der Waals surface area contributed by atoms with Crippen molar-refractivity contribution in [1.29, 1.82) is 0 Å². The highest BCUT2D eigenvalue weighted by Gasteiger charge is 2.70. The molecule has 2 saturated heterocycles. The second kappa shape index (κ2) is 12.9. The van der Waals surface area contributed by atoms with Gasteiger partial charge >= 0.3 is 0 Å². The van der Waals surface area contributed by atoms with E-state index < -0.39 is 58.5 Å². The fraction of sp³-hybridized carbons (Fsp3) is 0.250. The molecule has 53 heavy (non-hydrogen) atoms. The van der Waals surface area contributed by atoms with Gasteiger partial charge < -0.3 is 9.84 Å². The number of carbonyl (C=O) groups is 4. The molecule has 4 amide bonds. The smallest absolute Gasteiger partial charge is 0.260 e. The summed E-state index contributed by atoms with van der Waals surface area (Å²) < 4.78 is 19.4. The van der Waals surface area contributed by atoms with Crippen LogP contribution in [0.1, 0.15) is 35.4 Å². The third-order valence-electron chi connectivity index (χ3n) is 11.3. The number of hydrogen-bond acceptors (Lipinski definition) is 7. The average Bonchev–Trinajstić information content (AvgIpc) is 3.52. The Hall–Kier alpha value is -4.90. The van der Waals surface area contributed by atoms with Gasteiger partial charge in [0.1, 0.15) is 5.82 Å². The number of phenolic OH excluding ortho intramolecular Hbond substituents is 1. The molecule has 0 aromatic heterocycles. The Morgan fingerprint density at radius 3 is 2.26 bits per heavy atom. The summed E-state index contributed by atoms with van der Waals surface area (Å²) in [5.41, 5.74) is 4.32. The Bertz CT molecular complexity index is 2260. The number of ether oxygens (including phenoxy) is 1. The monoisotopic (exact) mass is 773 g/mol. The minimum absolute atomic E-state index is 0.0410. The van der Waals surface area contributed by atoms with E-state index in [1.165, 1.54) is 42.3 Å². The number of nitrogens with one attached hydrogen (secondary N) is 1. The summed E-state index contributed by atoms with van der Waals surface area (Å²) in [6, 6.07) is 20.0. The van der Waals surface area contributed by atoms with Gasteiger partial charge in [0, 0.05) is 16.0 Å². The Morgan fingerprint density at radius 2 is 1.58 bits per heavy atom. The molecule has 0 bridgehead atoms. The highest BCUT2D eigenvalue weighted by Crippen LogP contribution is 2.65. The molecule has 4 aromatic rings. The van der Waals surface area contributed by atoms with Crippen molar-refractivity contribution in [2.75, 3.05) is 17.4 Å². The molecule has 3 fully saturated rings. The molecule has 2 N–H and O–H groups in total. The third kappa shape index (κ3) is 5.25. The molecule has 0 spiro atoms. The van der Waals surface area contributed by atoms with Gasteiger partial charge in [-0.25, -0.2) is 9.29 Å². The second-order valence-corrected chi connectivity index (χ2v) is 15.1. The van der Waals surface area contributed by atoms with Gasteiger partial charge in [-0.1, -0.05) is 64.7 Å². The lowest BCUT2D eigenvalue weighted by Gasteiger charge is -2.50. The lowest BCUT2D eigenvalue weighted by atomic mass is 9.49. The summed E-state index contributed by atoms with van der Waals surface area (Å²) in [4.78, 5) is 59.9. The Labute approximate surface area is 318 Å². The Morgan fingerprint density at radius 1 is 0.868 bits per heavy atom. The van der Waals surface area contributed by atoms with Crippen LogP contribution in [0.5, 0.6) is 11.5 Å². The highest BCUT2D eigenvalue weighted by atomic mass is 35.5. The molecular weight excluding hydrogens is 744 g/mol. The molecule has 0 radical (unpaired) electrons. The van der Waals surface area contributed by atoms with Crippen LogP contribution < -0.4 is 15.1 Å². The first kappa shape index (κ1) is 35.1. The third-order valence-corrected chi connectivity index (χ3v) is 12.2. The van der Waals surface area contributed by atoms with Gasteiger partial charge in [-0.05, 0) is 103 Å². The van der Waals surface area contributed by atoms with Crippen LogP contribution in [-0.2, 0) is 24.6 Å². The topological polar surface area (TPSA) is 116 Å². The quantitative estimate of drug-likeness (QED) is 0.151. The predicted molar refractivity (Wildman–Crippen MR) is 197 cm³/mol. The van der Waals surface area contributed by atoms with Gasteiger partial charge in [-0.15, -0.1) is 0 Å². The van der Waals surface area contributed by atoms with Crippen molar-refractivity contribution in [3.8, 4) is 11.5 Å². The number of halogens is 4. The van der Waals surface area contributed by atoms with Gasteiger partial charge in [-0.3, -0.25) is 24.6 Å². The molecule has 2 aliphatic heterocycles. The Balaban J connectivity index is 1.34. The van der Waals surface area contributed by atoms with E-state index >= 15 is 4.79 Å². The van der Waals surface area contributed by atoms with Crippen molar-refractivity contribution in [3.05, 3.63) is 128 Å². The van der Waals surface area contributed by atoms with Crippen molar-refractivity contribution < 1.29 is 33.4 Å². The molecule has 2 aliphatic carbocycles. The lowest BCUT2D eigenvalue weighted by molar-refractivity contribution is -0.138. The predicted octanol–water partition coefficient (Wildman–Crippen LogP) is 8.00. The van der Waals surface area contributed by atoms with Gasteiger partial charge in [0.15, 0.2) is 11.5 Å². The number of hydrazine groups is 1. The number of anilines is 2. The molecule has 6 atom stereocenters. The molecular formula is C40H31Cl3FN3O6. The van der Waals surface area contributed by atoms with Gasteiger partial charge in [-0.2, -0.15) is 5.01 Å². The zero-order valence-electron chi connectivity index (χ0n) is 28.3.